The lowest BCUT2D eigenvalue weighted by molar-refractivity contribution is -0.124. The van der Waals surface area contributed by atoms with Gasteiger partial charge < -0.3 is 30.6 Å². The van der Waals surface area contributed by atoms with E-state index in [0.29, 0.717) is 39.3 Å². The largest absolute Gasteiger partial charge is 0.449 e. The van der Waals surface area contributed by atoms with Crippen molar-refractivity contribution in [3.63, 3.8) is 0 Å². The molecule has 60 heavy (non-hydrogen) atoms. The Morgan fingerprint density at radius 2 is 1.07 bits per heavy atom. The van der Waals surface area contributed by atoms with Gasteiger partial charge in [-0.25, -0.2) is 4.79 Å². The van der Waals surface area contributed by atoms with Crippen molar-refractivity contribution in [2.75, 3.05) is 39.5 Å². The van der Waals surface area contributed by atoms with Crippen LogP contribution in [0.2, 0.25) is 0 Å². The van der Waals surface area contributed by atoms with E-state index in [4.69, 9.17) is 19.9 Å². The fraction of sp³-hybridized carbons (Fsp3) is 0.731. The molecule has 1 aliphatic rings. The van der Waals surface area contributed by atoms with Gasteiger partial charge in [-0.05, 0) is 60.9 Å². The topological polar surface area (TPSA) is 112 Å². The van der Waals surface area contributed by atoms with E-state index in [2.05, 4.69) is 48.7 Å². The standard InChI is InChI=1S/C52H87N3O5/c1-3-5-7-9-11-13-15-17-19-21-23-31-39-58-42-44(59-40-32-24-22-20-18-16-14-12-10-8-6-4-2)41-54-51(56)50(37-29-30-38-53)55-52(57)60-43-49-47-35-27-25-33-45(47)46-34-26-28-36-48(46)49/h25-28,33-36,44,49-50H,3-24,29-32,37-43,53H2,1-2H3,(H,54,56)(H,55,57)/t44?,50-/m0/s1. The van der Waals surface area contributed by atoms with E-state index in [1.165, 1.54) is 146 Å². The van der Waals surface area contributed by atoms with Crippen LogP contribution >= 0.6 is 0 Å². The highest BCUT2D eigenvalue weighted by Gasteiger charge is 2.30. The molecule has 0 saturated carbocycles. The Labute approximate surface area is 366 Å². The average Bonchev–Trinajstić information content (AvgIpc) is 3.59. The number of carbonyl (C=O) groups is 2. The van der Waals surface area contributed by atoms with Crippen LogP contribution in [0, 0.1) is 0 Å². The zero-order valence-electron chi connectivity index (χ0n) is 38.3. The predicted octanol–water partition coefficient (Wildman–Crippen LogP) is 12.9. The number of alkyl carbamates (subject to hydrolysis) is 1. The van der Waals surface area contributed by atoms with Crippen molar-refractivity contribution in [3.05, 3.63) is 59.7 Å². The molecule has 0 radical (unpaired) electrons. The number of benzene rings is 2. The van der Waals surface area contributed by atoms with Gasteiger partial charge in [0.15, 0.2) is 0 Å². The number of hydrogen-bond donors (Lipinski definition) is 3. The average molecular weight is 834 g/mol. The van der Waals surface area contributed by atoms with Gasteiger partial charge in [-0.2, -0.15) is 0 Å². The van der Waals surface area contributed by atoms with Crippen LogP contribution in [0.15, 0.2) is 48.5 Å². The van der Waals surface area contributed by atoms with Crippen LogP contribution in [0.1, 0.15) is 204 Å². The third-order valence-electron chi connectivity index (χ3n) is 12.2. The highest BCUT2D eigenvalue weighted by molar-refractivity contribution is 5.85. The number of unbranched alkanes of at least 4 members (excludes halogenated alkanes) is 23. The maximum absolute atomic E-state index is 13.6. The number of nitrogens with one attached hydrogen (secondary N) is 2. The Hall–Kier alpha value is -2.94. The number of amides is 2. The number of ether oxygens (including phenoxy) is 3. The number of hydrogen-bond acceptors (Lipinski definition) is 6. The van der Waals surface area contributed by atoms with Gasteiger partial charge in [0.05, 0.1) is 12.7 Å². The smallest absolute Gasteiger partial charge is 0.407 e. The lowest BCUT2D eigenvalue weighted by atomic mass is 9.98. The summed E-state index contributed by atoms with van der Waals surface area (Å²) in [5, 5.41) is 5.97. The number of rotatable bonds is 39. The van der Waals surface area contributed by atoms with E-state index >= 15 is 0 Å². The molecule has 2 atom stereocenters. The summed E-state index contributed by atoms with van der Waals surface area (Å²) in [6.45, 7) is 7.40. The molecule has 0 aliphatic heterocycles. The molecule has 3 rings (SSSR count). The number of nitrogens with two attached hydrogens (primary N) is 1. The van der Waals surface area contributed by atoms with Gasteiger partial charge in [0.2, 0.25) is 5.91 Å². The van der Waals surface area contributed by atoms with Crippen LogP contribution in [0.5, 0.6) is 0 Å². The van der Waals surface area contributed by atoms with Crippen LogP contribution in [0.3, 0.4) is 0 Å². The lowest BCUT2D eigenvalue weighted by Gasteiger charge is -2.22. The van der Waals surface area contributed by atoms with Crippen LogP contribution in [-0.4, -0.2) is 63.7 Å². The molecule has 2 aromatic carbocycles. The van der Waals surface area contributed by atoms with Crippen molar-refractivity contribution in [1.82, 2.24) is 10.6 Å². The Morgan fingerprint density at radius 1 is 0.600 bits per heavy atom. The summed E-state index contributed by atoms with van der Waals surface area (Å²) in [5.74, 6) is -0.286. The molecule has 0 bridgehead atoms. The summed E-state index contributed by atoms with van der Waals surface area (Å²) in [5.41, 5.74) is 10.4. The first-order valence-electron chi connectivity index (χ1n) is 24.9. The fourth-order valence-corrected chi connectivity index (χ4v) is 8.50. The molecule has 1 aliphatic carbocycles. The number of fused-ring (bicyclic) bond motifs is 3. The second kappa shape index (κ2) is 34.6. The minimum atomic E-state index is -0.730. The second-order valence-corrected chi connectivity index (χ2v) is 17.4. The van der Waals surface area contributed by atoms with Crippen LogP contribution in [0.4, 0.5) is 4.79 Å². The van der Waals surface area contributed by atoms with Crippen molar-refractivity contribution in [3.8, 4) is 11.1 Å². The summed E-state index contributed by atoms with van der Waals surface area (Å²) < 4.78 is 18.3. The first-order chi connectivity index (χ1) is 29.6. The molecule has 8 heteroatoms. The molecule has 8 nitrogen and oxygen atoms in total. The Bertz CT molecular complexity index is 1330. The summed E-state index contributed by atoms with van der Waals surface area (Å²) in [4.78, 5) is 26.9. The second-order valence-electron chi connectivity index (χ2n) is 17.4. The van der Waals surface area contributed by atoms with Crippen molar-refractivity contribution < 1.29 is 23.8 Å². The molecule has 0 fully saturated rings. The predicted molar refractivity (Wildman–Crippen MR) is 251 cm³/mol. The first-order valence-corrected chi connectivity index (χ1v) is 24.9. The molecule has 0 aromatic heterocycles. The van der Waals surface area contributed by atoms with E-state index in [0.717, 1.165) is 43.2 Å². The molecule has 0 spiro atoms. The highest BCUT2D eigenvalue weighted by atomic mass is 16.5. The van der Waals surface area contributed by atoms with Gasteiger partial charge in [0, 0.05) is 25.7 Å². The molecule has 2 amide bonds. The van der Waals surface area contributed by atoms with E-state index < -0.39 is 12.1 Å². The zero-order chi connectivity index (χ0) is 42.7. The summed E-state index contributed by atoms with van der Waals surface area (Å²) >= 11 is 0. The van der Waals surface area contributed by atoms with E-state index in [9.17, 15) is 9.59 Å². The third-order valence-corrected chi connectivity index (χ3v) is 12.2. The van der Waals surface area contributed by atoms with Crippen LogP contribution in [0.25, 0.3) is 11.1 Å². The SMILES string of the molecule is CCCCCCCCCCCCCCOCC(CNC(=O)[C@H](CCCCN)NC(=O)OCC1c2ccccc2-c2ccccc21)OCCCCCCCCCCCCCC. The molecular weight excluding hydrogens is 747 g/mol. The van der Waals surface area contributed by atoms with Crippen molar-refractivity contribution in [1.29, 1.82) is 0 Å². The van der Waals surface area contributed by atoms with Crippen molar-refractivity contribution >= 4 is 12.0 Å². The molecule has 0 saturated heterocycles. The van der Waals surface area contributed by atoms with E-state index in [-0.39, 0.29) is 24.5 Å². The fourth-order valence-electron chi connectivity index (χ4n) is 8.50. The van der Waals surface area contributed by atoms with Crippen molar-refractivity contribution in [2.45, 2.75) is 205 Å². The van der Waals surface area contributed by atoms with E-state index in [1.807, 2.05) is 24.3 Å². The van der Waals surface area contributed by atoms with Crippen molar-refractivity contribution in [2.24, 2.45) is 5.73 Å². The monoisotopic (exact) mass is 834 g/mol. The Balaban J connectivity index is 1.42. The lowest BCUT2D eigenvalue weighted by Crippen LogP contribution is -2.49. The minimum absolute atomic E-state index is 0.0504. The third kappa shape index (κ3) is 22.2. The molecule has 340 valence electrons. The van der Waals surface area contributed by atoms with Gasteiger partial charge in [-0.15, -0.1) is 0 Å². The number of carbonyl (C=O) groups excluding carboxylic acids is 2. The Kier molecular flexibility index (Phi) is 29.7. The molecule has 1 unspecified atom stereocenters. The van der Waals surface area contributed by atoms with Gasteiger partial charge in [-0.3, -0.25) is 4.79 Å². The normalized spacial score (nSPS) is 13.2. The van der Waals surface area contributed by atoms with Crippen LogP contribution in [-0.2, 0) is 19.0 Å². The zero-order valence-corrected chi connectivity index (χ0v) is 38.3. The maximum atomic E-state index is 13.6. The minimum Gasteiger partial charge on any atom is -0.449 e. The molecule has 4 N–H and O–H groups in total. The summed E-state index contributed by atoms with van der Waals surface area (Å²) in [6, 6.07) is 15.8. The van der Waals surface area contributed by atoms with Gasteiger partial charge in [0.25, 0.3) is 0 Å². The van der Waals surface area contributed by atoms with Crippen LogP contribution < -0.4 is 16.4 Å². The Morgan fingerprint density at radius 3 is 1.57 bits per heavy atom. The first kappa shape index (κ1) is 51.4. The van der Waals surface area contributed by atoms with Gasteiger partial charge in [0.1, 0.15) is 12.6 Å². The summed E-state index contributed by atoms with van der Waals surface area (Å²) in [6.07, 6.45) is 32.5. The van der Waals surface area contributed by atoms with Gasteiger partial charge in [-0.1, -0.05) is 204 Å². The quantitative estimate of drug-likeness (QED) is 0.0578. The maximum Gasteiger partial charge on any atom is 0.407 e. The molecule has 2 aromatic rings. The van der Waals surface area contributed by atoms with E-state index in [1.54, 1.807) is 0 Å². The molecular formula is C52H87N3O5. The molecule has 0 heterocycles. The van der Waals surface area contributed by atoms with Gasteiger partial charge >= 0.3 is 6.09 Å². The highest BCUT2D eigenvalue weighted by Crippen LogP contribution is 2.44. The summed E-state index contributed by atoms with van der Waals surface area (Å²) in [7, 11) is 0.